The van der Waals surface area contributed by atoms with E-state index in [0.29, 0.717) is 19.4 Å². The second kappa shape index (κ2) is 6.73. The van der Waals surface area contributed by atoms with Crippen LogP contribution in [0.25, 0.3) is 0 Å². The standard InChI is InChI=1S/C8H6ClF3N2O2.C3H6O2/c9-7-13-1-5(8(10,11)12)6(14-7)16-4-2-15-3-4;4-3-1-5-2-3/h1,4H,2-3H2;3-4H,1-2H2. The Labute approximate surface area is 122 Å². The van der Waals surface area contributed by atoms with E-state index in [1.54, 1.807) is 0 Å². The van der Waals surface area contributed by atoms with Gasteiger partial charge in [0.1, 0.15) is 17.8 Å². The Morgan fingerprint density at radius 1 is 1.24 bits per heavy atom. The molecule has 10 heteroatoms. The predicted molar refractivity (Wildman–Crippen MR) is 64.1 cm³/mol. The van der Waals surface area contributed by atoms with Gasteiger partial charge in [0, 0.05) is 6.20 Å². The zero-order chi connectivity index (χ0) is 15.5. The average Bonchev–Trinajstić information content (AvgIpc) is 2.30. The highest BCUT2D eigenvalue weighted by molar-refractivity contribution is 6.28. The highest BCUT2D eigenvalue weighted by Crippen LogP contribution is 2.35. The summed E-state index contributed by atoms with van der Waals surface area (Å²) in [5, 5.41) is 8.03. The van der Waals surface area contributed by atoms with Gasteiger partial charge in [-0.05, 0) is 11.6 Å². The predicted octanol–water partition coefficient (Wildman–Crippen LogP) is 1.30. The van der Waals surface area contributed by atoms with E-state index in [-0.39, 0.29) is 24.6 Å². The second-order valence-corrected chi connectivity index (χ2v) is 4.66. The molecule has 1 aromatic rings. The van der Waals surface area contributed by atoms with Crippen LogP contribution in [0.1, 0.15) is 5.56 Å². The molecular weight excluding hydrogens is 317 g/mol. The number of nitrogens with zero attached hydrogens (tertiary/aromatic N) is 2. The molecule has 0 aliphatic carbocycles. The lowest BCUT2D eigenvalue weighted by Crippen LogP contribution is -2.39. The zero-order valence-electron chi connectivity index (χ0n) is 10.6. The topological polar surface area (TPSA) is 73.7 Å². The Morgan fingerprint density at radius 2 is 1.81 bits per heavy atom. The molecule has 0 saturated carbocycles. The third kappa shape index (κ3) is 4.67. The maximum atomic E-state index is 12.5. The molecule has 1 N–H and O–H groups in total. The van der Waals surface area contributed by atoms with E-state index in [1.807, 2.05) is 0 Å². The number of hydrogen-bond acceptors (Lipinski definition) is 6. The summed E-state index contributed by atoms with van der Waals surface area (Å²) in [5.74, 6) is -0.555. The first-order chi connectivity index (χ1) is 9.86. The first-order valence-electron chi connectivity index (χ1n) is 5.96. The molecule has 0 spiro atoms. The van der Waals surface area contributed by atoms with Gasteiger partial charge in [0.2, 0.25) is 11.2 Å². The van der Waals surface area contributed by atoms with Crippen LogP contribution in [0.15, 0.2) is 6.20 Å². The number of halogens is 4. The van der Waals surface area contributed by atoms with Crippen molar-refractivity contribution in [1.29, 1.82) is 0 Å². The summed E-state index contributed by atoms with van der Waals surface area (Å²) in [7, 11) is 0. The van der Waals surface area contributed by atoms with Crippen molar-refractivity contribution in [2.75, 3.05) is 26.4 Å². The van der Waals surface area contributed by atoms with Crippen LogP contribution in [0.5, 0.6) is 5.88 Å². The van der Waals surface area contributed by atoms with Crippen LogP contribution < -0.4 is 4.74 Å². The number of rotatable bonds is 2. The summed E-state index contributed by atoms with van der Waals surface area (Å²) < 4.78 is 51.9. The van der Waals surface area contributed by atoms with Crippen LogP contribution in [0.2, 0.25) is 5.28 Å². The minimum atomic E-state index is -4.56. The first-order valence-corrected chi connectivity index (χ1v) is 6.34. The van der Waals surface area contributed by atoms with Crippen molar-refractivity contribution in [3.05, 3.63) is 17.0 Å². The molecule has 2 fully saturated rings. The lowest BCUT2D eigenvalue weighted by atomic mass is 10.3. The van der Waals surface area contributed by atoms with Crippen LogP contribution in [-0.2, 0) is 15.7 Å². The number of aromatic nitrogens is 2. The normalized spacial score (nSPS) is 19.1. The zero-order valence-corrected chi connectivity index (χ0v) is 11.4. The molecule has 6 nitrogen and oxygen atoms in total. The molecule has 2 aliphatic rings. The van der Waals surface area contributed by atoms with Crippen molar-refractivity contribution in [3.8, 4) is 5.88 Å². The molecular formula is C11H12ClF3N2O4. The van der Waals surface area contributed by atoms with Gasteiger partial charge in [-0.1, -0.05) is 0 Å². The van der Waals surface area contributed by atoms with Gasteiger partial charge in [-0.25, -0.2) is 4.98 Å². The maximum absolute atomic E-state index is 12.5. The maximum Gasteiger partial charge on any atom is 0.423 e. The van der Waals surface area contributed by atoms with Gasteiger partial charge in [0.25, 0.3) is 0 Å². The molecule has 0 radical (unpaired) electrons. The molecule has 2 aliphatic heterocycles. The highest BCUT2D eigenvalue weighted by atomic mass is 35.5. The summed E-state index contributed by atoms with van der Waals surface area (Å²) in [4.78, 5) is 6.70. The number of aliphatic hydroxyl groups excluding tert-OH is 1. The van der Waals surface area contributed by atoms with Crippen LogP contribution in [0.3, 0.4) is 0 Å². The van der Waals surface area contributed by atoms with E-state index in [4.69, 9.17) is 26.2 Å². The third-order valence-corrected chi connectivity index (χ3v) is 2.72. The van der Waals surface area contributed by atoms with E-state index in [0.717, 1.165) is 0 Å². The van der Waals surface area contributed by atoms with Crippen LogP contribution in [-0.4, -0.2) is 53.7 Å². The first kappa shape index (κ1) is 16.2. The molecule has 0 amide bonds. The van der Waals surface area contributed by atoms with Crippen LogP contribution in [0.4, 0.5) is 13.2 Å². The van der Waals surface area contributed by atoms with Gasteiger partial charge in [-0.2, -0.15) is 18.2 Å². The van der Waals surface area contributed by atoms with Crippen molar-refractivity contribution in [2.24, 2.45) is 0 Å². The van der Waals surface area contributed by atoms with Gasteiger partial charge in [-0.15, -0.1) is 0 Å². The van der Waals surface area contributed by atoms with Crippen molar-refractivity contribution in [3.63, 3.8) is 0 Å². The summed E-state index contributed by atoms with van der Waals surface area (Å²) in [6, 6.07) is 0. The minimum absolute atomic E-state index is 0.157. The Balaban J connectivity index is 0.000000272. The molecule has 0 atom stereocenters. The number of hydrogen-bond donors (Lipinski definition) is 1. The smallest absolute Gasteiger partial charge is 0.423 e. The Morgan fingerprint density at radius 3 is 2.19 bits per heavy atom. The lowest BCUT2D eigenvalue weighted by molar-refractivity contribution is -0.142. The third-order valence-electron chi connectivity index (χ3n) is 2.54. The summed E-state index contributed by atoms with van der Waals surface area (Å²) in [6.07, 6.45) is -4.53. The van der Waals surface area contributed by atoms with Crippen LogP contribution in [0, 0.1) is 0 Å². The Hall–Kier alpha value is -1.16. The van der Waals surface area contributed by atoms with Gasteiger partial charge in [0.15, 0.2) is 0 Å². The molecule has 118 valence electrons. The molecule has 0 unspecified atom stereocenters. The fourth-order valence-electron chi connectivity index (χ4n) is 1.29. The minimum Gasteiger partial charge on any atom is -0.469 e. The van der Waals surface area contributed by atoms with Crippen molar-refractivity contribution in [2.45, 2.75) is 18.4 Å². The van der Waals surface area contributed by atoms with Gasteiger partial charge >= 0.3 is 6.18 Å². The van der Waals surface area contributed by atoms with Gasteiger partial charge in [-0.3, -0.25) is 0 Å². The average molecular weight is 329 g/mol. The highest BCUT2D eigenvalue weighted by Gasteiger charge is 2.37. The number of aliphatic hydroxyl groups is 1. The summed E-state index contributed by atoms with van der Waals surface area (Å²) in [6.45, 7) is 1.58. The Bertz CT molecular complexity index is 481. The molecule has 2 saturated heterocycles. The monoisotopic (exact) mass is 328 g/mol. The molecule has 3 rings (SSSR count). The molecule has 21 heavy (non-hydrogen) atoms. The van der Waals surface area contributed by atoms with Gasteiger partial charge in [0.05, 0.1) is 26.4 Å². The van der Waals surface area contributed by atoms with Crippen molar-refractivity contribution >= 4 is 11.6 Å². The number of alkyl halides is 3. The van der Waals surface area contributed by atoms with E-state index in [9.17, 15) is 13.2 Å². The lowest BCUT2D eigenvalue weighted by Gasteiger charge is -2.27. The van der Waals surface area contributed by atoms with Crippen molar-refractivity contribution in [1.82, 2.24) is 9.97 Å². The second-order valence-electron chi connectivity index (χ2n) is 4.32. The molecule has 3 heterocycles. The van der Waals surface area contributed by atoms with Crippen molar-refractivity contribution < 1.29 is 32.5 Å². The SMILES string of the molecule is FC(F)(F)c1cnc(Cl)nc1OC1COC1.OC1COC1. The van der Waals surface area contributed by atoms with E-state index in [2.05, 4.69) is 14.7 Å². The summed E-state index contributed by atoms with van der Waals surface area (Å²) in [5.41, 5.74) is -1.04. The van der Waals surface area contributed by atoms with E-state index in [1.165, 1.54) is 0 Å². The Kier molecular flexibility index (Phi) is 5.20. The van der Waals surface area contributed by atoms with Crippen LogP contribution >= 0.6 is 11.6 Å². The number of ether oxygens (including phenoxy) is 3. The molecule has 0 bridgehead atoms. The largest absolute Gasteiger partial charge is 0.469 e. The summed E-state index contributed by atoms with van der Waals surface area (Å²) >= 11 is 5.41. The van der Waals surface area contributed by atoms with Gasteiger partial charge < -0.3 is 19.3 Å². The van der Waals surface area contributed by atoms with E-state index < -0.39 is 23.7 Å². The fraction of sp³-hybridized carbons (Fsp3) is 0.636. The molecule has 1 aromatic heterocycles. The fourth-order valence-corrected chi connectivity index (χ4v) is 1.42. The quantitative estimate of drug-likeness (QED) is 0.825. The van der Waals surface area contributed by atoms with E-state index >= 15 is 0 Å². The molecule has 0 aromatic carbocycles.